The molecule has 0 heterocycles. The third-order valence-electron chi connectivity index (χ3n) is 0.909. The SMILES string of the molecule is C=CC[N+]([O-])(O)CC. The number of nitrogens with zero attached hydrogens (tertiary/aromatic N) is 1. The monoisotopic (exact) mass is 117 g/mol. The van der Waals surface area contributed by atoms with E-state index in [2.05, 4.69) is 6.58 Å². The van der Waals surface area contributed by atoms with Crippen LogP contribution in [-0.4, -0.2) is 23.1 Å². The van der Waals surface area contributed by atoms with Crippen molar-refractivity contribution in [2.75, 3.05) is 13.1 Å². The number of quaternary nitrogens is 1. The number of hydrogen-bond acceptors (Lipinski definition) is 2. The van der Waals surface area contributed by atoms with Crippen LogP contribution in [0.1, 0.15) is 6.92 Å². The lowest BCUT2D eigenvalue weighted by atomic mass is 10.6. The van der Waals surface area contributed by atoms with E-state index in [0.29, 0.717) is 0 Å². The first-order valence-corrected chi connectivity index (χ1v) is 2.54. The Morgan fingerprint density at radius 2 is 2.38 bits per heavy atom. The summed E-state index contributed by atoms with van der Waals surface area (Å²) in [6.45, 7) is 5.18. The van der Waals surface area contributed by atoms with Gasteiger partial charge in [0.05, 0.1) is 0 Å². The Balaban J connectivity index is 3.53. The minimum absolute atomic E-state index is 0.0660. The van der Waals surface area contributed by atoms with E-state index in [1.807, 2.05) is 0 Å². The van der Waals surface area contributed by atoms with Crippen molar-refractivity contribution in [3.05, 3.63) is 17.9 Å². The zero-order valence-electron chi connectivity index (χ0n) is 5.00. The van der Waals surface area contributed by atoms with Gasteiger partial charge in [-0.25, -0.2) is 10.0 Å². The largest absolute Gasteiger partial charge is 0.598 e. The second-order valence-corrected chi connectivity index (χ2v) is 1.63. The topological polar surface area (TPSA) is 43.3 Å². The standard InChI is InChI=1S/C5H11NO2/c1-3-5-6(7,8)4-2/h3,7H,1,4-5H2,2H3. The van der Waals surface area contributed by atoms with E-state index in [1.165, 1.54) is 6.08 Å². The number of likely N-dealkylation sites (N-methyl/N-ethyl adjacent to an activating group) is 1. The zero-order valence-corrected chi connectivity index (χ0v) is 5.00. The Morgan fingerprint density at radius 1 is 1.88 bits per heavy atom. The molecule has 0 aromatic carbocycles. The van der Waals surface area contributed by atoms with Crippen LogP contribution in [0.25, 0.3) is 0 Å². The molecule has 1 atom stereocenters. The minimum atomic E-state index is -1.20. The normalized spacial score (nSPS) is 17.4. The lowest BCUT2D eigenvalue weighted by Gasteiger charge is -2.30. The summed E-state index contributed by atoms with van der Waals surface area (Å²) >= 11 is 0. The first-order chi connectivity index (χ1) is 3.62. The molecule has 0 bridgehead atoms. The van der Waals surface area contributed by atoms with Gasteiger partial charge in [0.1, 0.15) is 13.1 Å². The van der Waals surface area contributed by atoms with E-state index in [0.717, 1.165) is 0 Å². The van der Waals surface area contributed by atoms with E-state index >= 15 is 0 Å². The Kier molecular flexibility index (Phi) is 2.68. The maximum atomic E-state index is 10.5. The molecule has 0 aromatic heterocycles. The van der Waals surface area contributed by atoms with Gasteiger partial charge in [-0.15, -0.1) is 0 Å². The van der Waals surface area contributed by atoms with Crippen LogP contribution in [0.3, 0.4) is 0 Å². The van der Waals surface area contributed by atoms with Crippen LogP contribution in [0.2, 0.25) is 0 Å². The highest BCUT2D eigenvalue weighted by molar-refractivity contribution is 4.63. The molecule has 1 N–H and O–H groups in total. The van der Waals surface area contributed by atoms with Crippen molar-refractivity contribution in [3.63, 3.8) is 0 Å². The number of hydrogen-bond donors (Lipinski definition) is 1. The molecule has 0 aliphatic rings. The fourth-order valence-corrected chi connectivity index (χ4v) is 0.331. The van der Waals surface area contributed by atoms with Crippen LogP contribution in [-0.2, 0) is 0 Å². The summed E-state index contributed by atoms with van der Waals surface area (Å²) in [6.07, 6.45) is 1.40. The summed E-state index contributed by atoms with van der Waals surface area (Å²) in [4.78, 5) is -1.20. The number of hydroxylamine groups is 4. The van der Waals surface area contributed by atoms with Crippen LogP contribution < -0.4 is 0 Å². The third kappa shape index (κ3) is 2.74. The average molecular weight is 117 g/mol. The van der Waals surface area contributed by atoms with Crippen molar-refractivity contribution in [2.45, 2.75) is 6.92 Å². The van der Waals surface area contributed by atoms with Gasteiger partial charge in [-0.1, -0.05) is 6.58 Å². The van der Waals surface area contributed by atoms with Gasteiger partial charge in [0.15, 0.2) is 0 Å². The van der Waals surface area contributed by atoms with Gasteiger partial charge >= 0.3 is 0 Å². The summed E-state index contributed by atoms with van der Waals surface area (Å²) in [6, 6.07) is 0. The molecule has 48 valence electrons. The van der Waals surface area contributed by atoms with Crippen molar-refractivity contribution in [2.24, 2.45) is 0 Å². The first-order valence-electron chi connectivity index (χ1n) is 2.54. The van der Waals surface area contributed by atoms with Crippen LogP contribution in [0.4, 0.5) is 0 Å². The molecule has 0 saturated carbocycles. The maximum absolute atomic E-state index is 10.5. The molecular formula is C5H11NO2. The highest BCUT2D eigenvalue weighted by Crippen LogP contribution is 1.94. The fraction of sp³-hybridized carbons (Fsp3) is 0.600. The molecule has 3 heteroatoms. The summed E-state index contributed by atoms with van der Waals surface area (Å²) in [5.41, 5.74) is 0. The molecule has 0 saturated heterocycles. The molecule has 0 radical (unpaired) electrons. The lowest BCUT2D eigenvalue weighted by molar-refractivity contribution is -1.06. The van der Waals surface area contributed by atoms with Gasteiger partial charge in [0.25, 0.3) is 0 Å². The molecule has 0 spiro atoms. The Bertz CT molecular complexity index is 80.5. The molecule has 8 heavy (non-hydrogen) atoms. The van der Waals surface area contributed by atoms with Crippen molar-refractivity contribution < 1.29 is 10.0 Å². The molecular weight excluding hydrogens is 106 g/mol. The molecule has 0 aliphatic heterocycles. The van der Waals surface area contributed by atoms with Gasteiger partial charge in [-0.3, -0.25) is 0 Å². The summed E-state index contributed by atoms with van der Waals surface area (Å²) in [5, 5.41) is 19.1. The van der Waals surface area contributed by atoms with E-state index in [4.69, 9.17) is 5.21 Å². The Hall–Kier alpha value is -0.380. The average Bonchev–Trinajstić information content (AvgIpc) is 1.67. The highest BCUT2D eigenvalue weighted by Gasteiger charge is 2.04. The highest BCUT2D eigenvalue weighted by atomic mass is 16.8. The second-order valence-electron chi connectivity index (χ2n) is 1.63. The van der Waals surface area contributed by atoms with E-state index in [9.17, 15) is 5.21 Å². The van der Waals surface area contributed by atoms with E-state index < -0.39 is 4.81 Å². The van der Waals surface area contributed by atoms with Crippen LogP contribution >= 0.6 is 0 Å². The van der Waals surface area contributed by atoms with Crippen LogP contribution in [0.15, 0.2) is 12.7 Å². The lowest BCUT2D eigenvalue weighted by Crippen LogP contribution is -2.37. The second kappa shape index (κ2) is 2.81. The summed E-state index contributed by atoms with van der Waals surface area (Å²) in [7, 11) is 0. The first kappa shape index (κ1) is 7.62. The predicted molar refractivity (Wildman–Crippen MR) is 31.0 cm³/mol. The Labute approximate surface area is 49.0 Å². The fourth-order valence-electron chi connectivity index (χ4n) is 0.331. The van der Waals surface area contributed by atoms with Crippen LogP contribution in [0, 0.1) is 5.21 Å². The van der Waals surface area contributed by atoms with Gasteiger partial charge < -0.3 is 5.21 Å². The summed E-state index contributed by atoms with van der Waals surface area (Å²) in [5.74, 6) is 0. The molecule has 0 fully saturated rings. The Morgan fingerprint density at radius 3 is 2.50 bits per heavy atom. The molecule has 0 aromatic rings. The minimum Gasteiger partial charge on any atom is -0.598 e. The van der Waals surface area contributed by atoms with Crippen LogP contribution in [0.5, 0.6) is 0 Å². The maximum Gasteiger partial charge on any atom is 0.127 e. The predicted octanol–water partition coefficient (Wildman–Crippen LogP) is 0.896. The van der Waals surface area contributed by atoms with Gasteiger partial charge in [0.2, 0.25) is 0 Å². The van der Waals surface area contributed by atoms with Gasteiger partial charge in [0, 0.05) is 0 Å². The quantitative estimate of drug-likeness (QED) is 0.339. The van der Waals surface area contributed by atoms with Gasteiger partial charge in [-0.2, -0.15) is 0 Å². The zero-order chi connectivity index (χ0) is 6.62. The van der Waals surface area contributed by atoms with Crippen molar-refractivity contribution in [1.82, 2.24) is 0 Å². The molecule has 0 amide bonds. The molecule has 0 rings (SSSR count). The third-order valence-corrected chi connectivity index (χ3v) is 0.909. The van der Waals surface area contributed by atoms with E-state index in [1.54, 1.807) is 6.92 Å². The van der Waals surface area contributed by atoms with Gasteiger partial charge in [-0.05, 0) is 13.0 Å². The molecule has 0 aliphatic carbocycles. The van der Waals surface area contributed by atoms with Crippen molar-refractivity contribution in [3.8, 4) is 0 Å². The number of rotatable bonds is 3. The van der Waals surface area contributed by atoms with Crippen molar-refractivity contribution >= 4 is 0 Å². The van der Waals surface area contributed by atoms with E-state index in [-0.39, 0.29) is 13.1 Å². The molecule has 3 nitrogen and oxygen atoms in total. The van der Waals surface area contributed by atoms with Crippen molar-refractivity contribution in [1.29, 1.82) is 0 Å². The molecule has 1 unspecified atom stereocenters. The smallest absolute Gasteiger partial charge is 0.127 e. The summed E-state index contributed by atoms with van der Waals surface area (Å²) < 4.78 is 0.